The van der Waals surface area contributed by atoms with Gasteiger partial charge in [0.2, 0.25) is 0 Å². The Balaban J connectivity index is 2.53. The van der Waals surface area contributed by atoms with E-state index in [0.29, 0.717) is 12.1 Å². The van der Waals surface area contributed by atoms with Crippen molar-refractivity contribution < 1.29 is 0 Å². The van der Waals surface area contributed by atoms with E-state index >= 15 is 0 Å². The molecule has 0 aromatic heterocycles. The molecule has 1 N–H and O–H groups in total. The van der Waals surface area contributed by atoms with Crippen molar-refractivity contribution in [2.45, 2.75) is 52.1 Å². The largest absolute Gasteiger partial charge is 0.311 e. The Labute approximate surface area is 105 Å². The molecule has 0 radical (unpaired) electrons. The van der Waals surface area contributed by atoms with Crippen LogP contribution < -0.4 is 5.32 Å². The predicted molar refractivity (Wildman–Crippen MR) is 72.0 cm³/mol. The first kappa shape index (κ1) is 14.0. The van der Waals surface area contributed by atoms with E-state index in [1.807, 2.05) is 0 Å². The van der Waals surface area contributed by atoms with Gasteiger partial charge in [-0.3, -0.25) is 4.90 Å². The van der Waals surface area contributed by atoms with Gasteiger partial charge in [0, 0.05) is 37.3 Å². The number of halogens is 1. The first-order valence-electron chi connectivity index (χ1n) is 6.44. The van der Waals surface area contributed by atoms with E-state index in [1.54, 1.807) is 5.54 Å². The number of hydrogen-bond acceptors (Lipinski definition) is 2. The standard InChI is InChI=1S/C13H25ClN2/c1-4-6-12-10-16(9-11(3)7-14)13(5-2)8-15-12/h7,12-13,15H,4-6,8-10H2,1-3H3. The van der Waals surface area contributed by atoms with Gasteiger partial charge in [0.05, 0.1) is 0 Å². The summed E-state index contributed by atoms with van der Waals surface area (Å²) in [6.07, 6.45) is 3.74. The van der Waals surface area contributed by atoms with Crippen LogP contribution in [-0.2, 0) is 0 Å². The molecule has 1 saturated heterocycles. The van der Waals surface area contributed by atoms with E-state index in [9.17, 15) is 0 Å². The molecule has 0 bridgehead atoms. The fourth-order valence-electron chi connectivity index (χ4n) is 2.42. The molecule has 0 spiro atoms. The molecule has 2 unspecified atom stereocenters. The minimum Gasteiger partial charge on any atom is -0.311 e. The van der Waals surface area contributed by atoms with Crippen molar-refractivity contribution >= 4 is 11.6 Å². The zero-order valence-corrected chi connectivity index (χ0v) is 11.6. The van der Waals surface area contributed by atoms with Gasteiger partial charge in [-0.25, -0.2) is 0 Å². The van der Waals surface area contributed by atoms with Crippen LogP contribution in [0.15, 0.2) is 11.1 Å². The van der Waals surface area contributed by atoms with Crippen LogP contribution in [0.1, 0.15) is 40.0 Å². The molecule has 16 heavy (non-hydrogen) atoms. The molecule has 94 valence electrons. The smallest absolute Gasteiger partial charge is 0.0222 e. The molecule has 1 rings (SSSR count). The lowest BCUT2D eigenvalue weighted by Gasteiger charge is -2.40. The summed E-state index contributed by atoms with van der Waals surface area (Å²) in [5, 5.41) is 3.65. The maximum Gasteiger partial charge on any atom is 0.0222 e. The summed E-state index contributed by atoms with van der Waals surface area (Å²) in [5.74, 6) is 0. The highest BCUT2D eigenvalue weighted by atomic mass is 35.5. The van der Waals surface area contributed by atoms with E-state index in [0.717, 1.165) is 19.6 Å². The molecule has 0 saturated carbocycles. The van der Waals surface area contributed by atoms with Gasteiger partial charge in [0.25, 0.3) is 0 Å². The number of nitrogens with one attached hydrogen (secondary N) is 1. The van der Waals surface area contributed by atoms with Crippen molar-refractivity contribution in [1.29, 1.82) is 0 Å². The summed E-state index contributed by atoms with van der Waals surface area (Å²) in [7, 11) is 0. The summed E-state index contributed by atoms with van der Waals surface area (Å²) in [6, 6.07) is 1.33. The average Bonchev–Trinajstić information content (AvgIpc) is 2.30. The van der Waals surface area contributed by atoms with E-state index in [-0.39, 0.29) is 0 Å². The summed E-state index contributed by atoms with van der Waals surface area (Å²) in [6.45, 7) is 9.92. The highest BCUT2D eigenvalue weighted by Crippen LogP contribution is 2.15. The molecular formula is C13H25ClN2. The van der Waals surface area contributed by atoms with Gasteiger partial charge in [-0.2, -0.15) is 0 Å². The first-order chi connectivity index (χ1) is 7.71. The zero-order valence-electron chi connectivity index (χ0n) is 10.8. The van der Waals surface area contributed by atoms with E-state index in [4.69, 9.17) is 11.6 Å². The second-order valence-electron chi connectivity index (χ2n) is 4.84. The van der Waals surface area contributed by atoms with Crippen LogP contribution in [0.3, 0.4) is 0 Å². The molecule has 3 heteroatoms. The van der Waals surface area contributed by atoms with Crippen LogP contribution >= 0.6 is 11.6 Å². The van der Waals surface area contributed by atoms with Crippen molar-refractivity contribution in [2.75, 3.05) is 19.6 Å². The molecule has 0 aromatic rings. The molecule has 0 aliphatic carbocycles. The predicted octanol–water partition coefficient (Wildman–Crippen LogP) is 2.98. The van der Waals surface area contributed by atoms with Crippen molar-refractivity contribution in [3.63, 3.8) is 0 Å². The minimum atomic E-state index is 0.663. The fraction of sp³-hybridized carbons (Fsp3) is 0.846. The Bertz CT molecular complexity index is 228. The number of hydrogen-bond donors (Lipinski definition) is 1. The van der Waals surface area contributed by atoms with E-state index in [2.05, 4.69) is 31.0 Å². The van der Waals surface area contributed by atoms with Gasteiger partial charge in [-0.1, -0.05) is 31.9 Å². The highest BCUT2D eigenvalue weighted by Gasteiger charge is 2.25. The molecule has 0 amide bonds. The Hall–Kier alpha value is -0.0500. The van der Waals surface area contributed by atoms with Crippen LogP contribution in [0.5, 0.6) is 0 Å². The maximum absolute atomic E-state index is 5.76. The Morgan fingerprint density at radius 2 is 2.25 bits per heavy atom. The number of nitrogens with zero attached hydrogens (tertiary/aromatic N) is 1. The highest BCUT2D eigenvalue weighted by molar-refractivity contribution is 6.25. The molecule has 1 heterocycles. The van der Waals surface area contributed by atoms with E-state index in [1.165, 1.54) is 24.8 Å². The summed E-state index contributed by atoms with van der Waals surface area (Å²) in [5.41, 5.74) is 2.97. The minimum absolute atomic E-state index is 0.663. The lowest BCUT2D eigenvalue weighted by Crippen LogP contribution is -2.56. The van der Waals surface area contributed by atoms with Crippen molar-refractivity contribution in [3.8, 4) is 0 Å². The van der Waals surface area contributed by atoms with Gasteiger partial charge in [-0.15, -0.1) is 0 Å². The van der Waals surface area contributed by atoms with Gasteiger partial charge < -0.3 is 5.32 Å². The molecule has 2 atom stereocenters. The van der Waals surface area contributed by atoms with Crippen LogP contribution in [0.25, 0.3) is 0 Å². The molecule has 1 aliphatic heterocycles. The van der Waals surface area contributed by atoms with Gasteiger partial charge in [0.1, 0.15) is 0 Å². The molecule has 1 fully saturated rings. The topological polar surface area (TPSA) is 15.3 Å². The summed E-state index contributed by atoms with van der Waals surface area (Å²) in [4.78, 5) is 2.57. The van der Waals surface area contributed by atoms with Crippen molar-refractivity contribution in [1.82, 2.24) is 10.2 Å². The number of piperazine rings is 1. The fourth-order valence-corrected chi connectivity index (χ4v) is 2.49. The quantitative estimate of drug-likeness (QED) is 0.800. The Kier molecular flexibility index (Phi) is 6.40. The van der Waals surface area contributed by atoms with Crippen LogP contribution in [0, 0.1) is 0 Å². The number of rotatable bonds is 5. The summed E-state index contributed by atoms with van der Waals surface area (Å²) < 4.78 is 0. The van der Waals surface area contributed by atoms with Gasteiger partial charge in [0.15, 0.2) is 0 Å². The first-order valence-corrected chi connectivity index (χ1v) is 6.88. The van der Waals surface area contributed by atoms with Crippen LogP contribution in [0.4, 0.5) is 0 Å². The Morgan fingerprint density at radius 1 is 1.50 bits per heavy atom. The third-order valence-corrected chi connectivity index (χ3v) is 3.73. The monoisotopic (exact) mass is 244 g/mol. The second-order valence-corrected chi connectivity index (χ2v) is 5.06. The molecule has 0 aromatic carbocycles. The van der Waals surface area contributed by atoms with Crippen LogP contribution in [0.2, 0.25) is 0 Å². The molecule has 2 nitrogen and oxygen atoms in total. The molecular weight excluding hydrogens is 220 g/mol. The normalized spacial score (nSPS) is 28.4. The summed E-state index contributed by atoms with van der Waals surface area (Å²) >= 11 is 5.76. The third-order valence-electron chi connectivity index (χ3n) is 3.36. The Morgan fingerprint density at radius 3 is 2.81 bits per heavy atom. The maximum atomic E-state index is 5.76. The molecule has 1 aliphatic rings. The second kappa shape index (κ2) is 7.31. The average molecular weight is 245 g/mol. The van der Waals surface area contributed by atoms with E-state index < -0.39 is 0 Å². The third kappa shape index (κ3) is 4.08. The SMILES string of the molecule is CCCC1CN(CC(C)=CCl)C(CC)CN1. The van der Waals surface area contributed by atoms with Crippen LogP contribution in [-0.4, -0.2) is 36.6 Å². The lowest BCUT2D eigenvalue weighted by atomic mass is 10.0. The zero-order chi connectivity index (χ0) is 12.0. The van der Waals surface area contributed by atoms with Gasteiger partial charge in [-0.05, 0) is 25.3 Å². The van der Waals surface area contributed by atoms with Crippen molar-refractivity contribution in [2.24, 2.45) is 0 Å². The van der Waals surface area contributed by atoms with Crippen molar-refractivity contribution in [3.05, 3.63) is 11.1 Å². The van der Waals surface area contributed by atoms with Gasteiger partial charge >= 0.3 is 0 Å². The lowest BCUT2D eigenvalue weighted by molar-refractivity contribution is 0.134.